The lowest BCUT2D eigenvalue weighted by molar-refractivity contribution is -0.119. The van der Waals surface area contributed by atoms with Gasteiger partial charge in [0, 0.05) is 11.1 Å². The summed E-state index contributed by atoms with van der Waals surface area (Å²) in [7, 11) is 0. The predicted octanol–water partition coefficient (Wildman–Crippen LogP) is 4.21. The number of fused-ring (bicyclic) bond motifs is 1. The van der Waals surface area contributed by atoms with Crippen molar-refractivity contribution in [2.45, 2.75) is 38.3 Å². The maximum atomic E-state index is 13.2. The van der Waals surface area contributed by atoms with Crippen molar-refractivity contribution in [1.29, 1.82) is 0 Å². The van der Waals surface area contributed by atoms with Gasteiger partial charge in [-0.05, 0) is 52.0 Å². The highest BCUT2D eigenvalue weighted by atomic mass is 32.2. The second kappa shape index (κ2) is 7.28. The van der Waals surface area contributed by atoms with Gasteiger partial charge in [-0.2, -0.15) is 0 Å². The Morgan fingerprint density at radius 1 is 1.23 bits per heavy atom. The lowest BCUT2D eigenvalue weighted by Crippen LogP contribution is -2.41. The van der Waals surface area contributed by atoms with Gasteiger partial charge in [-0.3, -0.25) is 4.79 Å². The Balaban J connectivity index is 1.90. The molecule has 3 aromatic rings. The van der Waals surface area contributed by atoms with Crippen molar-refractivity contribution in [1.82, 2.24) is 20.5 Å². The lowest BCUT2D eigenvalue weighted by Gasteiger charge is -2.20. The Morgan fingerprint density at radius 2 is 1.92 bits per heavy atom. The first-order valence-corrected chi connectivity index (χ1v) is 9.87. The Hall–Kier alpha value is -2.06. The minimum atomic E-state index is -0.296. The molecular formula is C18H19FN4OS2. The zero-order valence-corrected chi connectivity index (χ0v) is 16.6. The normalized spacial score (nSPS) is 11.7. The number of benzene rings is 1. The number of halogens is 1. The first-order chi connectivity index (χ1) is 12.2. The number of hydrogen-bond donors (Lipinski definition) is 1. The summed E-state index contributed by atoms with van der Waals surface area (Å²) < 4.78 is 14.1. The lowest BCUT2D eigenvalue weighted by atomic mass is 10.1. The molecule has 136 valence electrons. The summed E-state index contributed by atoms with van der Waals surface area (Å²) in [5, 5.41) is 13.0. The predicted molar refractivity (Wildman–Crippen MR) is 104 cm³/mol. The number of carbonyl (C=O) groups is 1. The molecule has 0 fully saturated rings. The van der Waals surface area contributed by atoms with Crippen LogP contribution in [0, 0.1) is 12.7 Å². The third-order valence-corrected chi connectivity index (χ3v) is 5.30. The number of nitrogens with zero attached hydrogens (tertiary/aromatic N) is 3. The molecule has 0 atom stereocenters. The van der Waals surface area contributed by atoms with Crippen LogP contribution in [0.5, 0.6) is 0 Å². The smallest absolute Gasteiger partial charge is 0.230 e. The molecule has 1 amide bonds. The SMILES string of the molecule is Cc1nc2c(SCC(=O)NC(C)(C)C)nnc(-c3ccc(F)cc3)c2s1. The maximum Gasteiger partial charge on any atom is 0.230 e. The molecule has 0 aliphatic heterocycles. The highest BCUT2D eigenvalue weighted by Crippen LogP contribution is 2.35. The number of aromatic nitrogens is 3. The first kappa shape index (κ1) is 18.7. The van der Waals surface area contributed by atoms with Crippen molar-refractivity contribution in [3.63, 3.8) is 0 Å². The molecule has 2 heterocycles. The van der Waals surface area contributed by atoms with Crippen molar-refractivity contribution in [2.24, 2.45) is 0 Å². The van der Waals surface area contributed by atoms with Crippen LogP contribution < -0.4 is 5.32 Å². The van der Waals surface area contributed by atoms with Crippen molar-refractivity contribution < 1.29 is 9.18 Å². The van der Waals surface area contributed by atoms with Crippen LogP contribution in [-0.4, -0.2) is 32.4 Å². The fourth-order valence-corrected chi connectivity index (χ4v) is 4.12. The van der Waals surface area contributed by atoms with E-state index in [1.165, 1.54) is 35.2 Å². The van der Waals surface area contributed by atoms with Gasteiger partial charge in [0.15, 0.2) is 0 Å². The van der Waals surface area contributed by atoms with E-state index in [-0.39, 0.29) is 23.0 Å². The molecule has 0 saturated heterocycles. The summed E-state index contributed by atoms with van der Waals surface area (Å²) in [4.78, 5) is 16.6. The Kier molecular flexibility index (Phi) is 5.24. The van der Waals surface area contributed by atoms with Crippen LogP contribution in [0.15, 0.2) is 29.3 Å². The van der Waals surface area contributed by atoms with E-state index in [0.717, 1.165) is 20.8 Å². The van der Waals surface area contributed by atoms with Gasteiger partial charge in [0.05, 0.1) is 15.5 Å². The molecule has 2 aromatic heterocycles. The minimum Gasteiger partial charge on any atom is -0.351 e. The molecule has 0 aliphatic rings. The van der Waals surface area contributed by atoms with Crippen LogP contribution in [-0.2, 0) is 4.79 Å². The van der Waals surface area contributed by atoms with Crippen molar-refractivity contribution in [3.05, 3.63) is 35.1 Å². The minimum absolute atomic E-state index is 0.0630. The number of rotatable bonds is 4. The zero-order valence-electron chi connectivity index (χ0n) is 15.0. The third kappa shape index (κ3) is 4.37. The van der Waals surface area contributed by atoms with Gasteiger partial charge < -0.3 is 5.32 Å². The molecule has 0 unspecified atom stereocenters. The van der Waals surface area contributed by atoms with E-state index in [9.17, 15) is 9.18 Å². The van der Waals surface area contributed by atoms with Crippen LogP contribution >= 0.6 is 23.1 Å². The van der Waals surface area contributed by atoms with Gasteiger partial charge in [-0.25, -0.2) is 9.37 Å². The van der Waals surface area contributed by atoms with E-state index in [0.29, 0.717) is 10.7 Å². The average molecular weight is 391 g/mol. The number of thioether (sulfide) groups is 1. The first-order valence-electron chi connectivity index (χ1n) is 8.06. The summed E-state index contributed by atoms with van der Waals surface area (Å²) in [5.41, 5.74) is 1.92. The highest BCUT2D eigenvalue weighted by Gasteiger charge is 2.18. The number of nitrogens with one attached hydrogen (secondary N) is 1. The number of aryl methyl sites for hydroxylation is 1. The van der Waals surface area contributed by atoms with E-state index < -0.39 is 0 Å². The number of thiazole rings is 1. The quantitative estimate of drug-likeness (QED) is 0.676. The molecule has 0 aliphatic carbocycles. The molecular weight excluding hydrogens is 371 g/mol. The number of carbonyl (C=O) groups excluding carboxylic acids is 1. The molecule has 8 heteroatoms. The molecule has 0 spiro atoms. The Bertz CT molecular complexity index is 948. The monoisotopic (exact) mass is 390 g/mol. The molecule has 5 nitrogen and oxygen atoms in total. The fourth-order valence-electron chi connectivity index (χ4n) is 2.40. The van der Waals surface area contributed by atoms with Crippen LogP contribution in [0.4, 0.5) is 4.39 Å². The molecule has 3 rings (SSSR count). The summed E-state index contributed by atoms with van der Waals surface area (Å²) >= 11 is 2.83. The fraction of sp³-hybridized carbons (Fsp3) is 0.333. The van der Waals surface area contributed by atoms with Crippen molar-refractivity contribution in [3.8, 4) is 11.3 Å². The van der Waals surface area contributed by atoms with E-state index in [1.807, 2.05) is 27.7 Å². The van der Waals surface area contributed by atoms with E-state index in [2.05, 4.69) is 20.5 Å². The zero-order chi connectivity index (χ0) is 18.9. The summed E-state index contributed by atoms with van der Waals surface area (Å²) in [6.07, 6.45) is 0. The topological polar surface area (TPSA) is 67.8 Å². The van der Waals surface area contributed by atoms with Gasteiger partial charge >= 0.3 is 0 Å². The largest absolute Gasteiger partial charge is 0.351 e. The number of amides is 1. The summed E-state index contributed by atoms with van der Waals surface area (Å²) in [6, 6.07) is 6.15. The van der Waals surface area contributed by atoms with Gasteiger partial charge in [0.2, 0.25) is 5.91 Å². The maximum absolute atomic E-state index is 13.2. The highest BCUT2D eigenvalue weighted by molar-refractivity contribution is 8.00. The molecule has 26 heavy (non-hydrogen) atoms. The van der Waals surface area contributed by atoms with Crippen molar-refractivity contribution >= 4 is 39.2 Å². The van der Waals surface area contributed by atoms with Crippen LogP contribution in [0.2, 0.25) is 0 Å². The molecule has 0 bridgehead atoms. The van der Waals surface area contributed by atoms with Gasteiger partial charge in [-0.1, -0.05) is 11.8 Å². The van der Waals surface area contributed by atoms with Gasteiger partial charge in [0.25, 0.3) is 0 Å². The second-order valence-electron chi connectivity index (χ2n) is 6.86. The second-order valence-corrected chi connectivity index (χ2v) is 9.03. The van der Waals surface area contributed by atoms with Crippen LogP contribution in [0.3, 0.4) is 0 Å². The Morgan fingerprint density at radius 3 is 2.58 bits per heavy atom. The Labute approximate surface area is 159 Å². The molecule has 1 N–H and O–H groups in total. The van der Waals surface area contributed by atoms with E-state index in [1.54, 1.807) is 12.1 Å². The standard InChI is InChI=1S/C18H19FN4OS2/c1-10-20-15-16(26-10)14(11-5-7-12(19)8-6-11)22-23-17(15)25-9-13(24)21-18(2,3)4/h5-8H,9H2,1-4H3,(H,21,24). The van der Waals surface area contributed by atoms with E-state index >= 15 is 0 Å². The average Bonchev–Trinajstić information content (AvgIpc) is 2.93. The van der Waals surface area contributed by atoms with Crippen LogP contribution in [0.1, 0.15) is 25.8 Å². The van der Waals surface area contributed by atoms with Crippen molar-refractivity contribution in [2.75, 3.05) is 5.75 Å². The van der Waals surface area contributed by atoms with E-state index in [4.69, 9.17) is 0 Å². The van der Waals surface area contributed by atoms with Crippen LogP contribution in [0.25, 0.3) is 21.5 Å². The molecule has 0 radical (unpaired) electrons. The number of hydrogen-bond acceptors (Lipinski definition) is 6. The summed E-state index contributed by atoms with van der Waals surface area (Å²) in [6.45, 7) is 7.73. The van der Waals surface area contributed by atoms with Gasteiger partial charge in [-0.15, -0.1) is 21.5 Å². The summed E-state index contributed by atoms with van der Waals surface area (Å²) in [5.74, 6) is -0.115. The molecule has 1 aromatic carbocycles. The third-order valence-electron chi connectivity index (χ3n) is 3.36. The molecule has 0 saturated carbocycles. The van der Waals surface area contributed by atoms with Gasteiger partial charge in [0.1, 0.15) is 22.1 Å².